The Kier molecular flexibility index (Phi) is 5.41. The minimum absolute atomic E-state index is 0.144. The lowest BCUT2D eigenvalue weighted by Gasteiger charge is -2.06. The van der Waals surface area contributed by atoms with Crippen molar-refractivity contribution in [3.05, 3.63) is 23.8 Å². The summed E-state index contributed by atoms with van der Waals surface area (Å²) in [5, 5.41) is 13.8. The number of hydrogen-bond donors (Lipinski definition) is 2. The molecule has 0 saturated carbocycles. The third-order valence-corrected chi connectivity index (χ3v) is 3.07. The molecule has 1 heterocycles. The highest BCUT2D eigenvalue weighted by molar-refractivity contribution is 5.85. The van der Waals surface area contributed by atoms with E-state index in [1.807, 2.05) is 6.92 Å². The molecule has 1 aromatic rings. The van der Waals surface area contributed by atoms with Crippen molar-refractivity contribution in [2.24, 2.45) is 10.1 Å². The lowest BCUT2D eigenvalue weighted by Crippen LogP contribution is -2.17. The quantitative estimate of drug-likeness (QED) is 0.656. The van der Waals surface area contributed by atoms with Crippen LogP contribution in [0.15, 0.2) is 28.3 Å². The molecule has 1 aromatic carbocycles. The van der Waals surface area contributed by atoms with Crippen LogP contribution in [0.3, 0.4) is 0 Å². The van der Waals surface area contributed by atoms with Crippen LogP contribution in [0, 0.1) is 0 Å². The number of hydrazone groups is 1. The maximum absolute atomic E-state index is 9.62. The van der Waals surface area contributed by atoms with E-state index in [-0.39, 0.29) is 5.75 Å². The number of phenolic OH excluding ortho intramolecular Hbond substituents is 1. The first-order valence-electron chi connectivity index (χ1n) is 7.08. The van der Waals surface area contributed by atoms with E-state index in [9.17, 15) is 5.11 Å². The number of amidine groups is 1. The van der Waals surface area contributed by atoms with Crippen molar-refractivity contribution < 1.29 is 9.84 Å². The summed E-state index contributed by atoms with van der Waals surface area (Å²) in [5.74, 6) is 1.57. The first-order valence-corrected chi connectivity index (χ1v) is 7.08. The molecule has 0 radical (unpaired) electrons. The Balaban J connectivity index is 1.96. The molecule has 1 aliphatic heterocycles. The molecule has 0 atom stereocenters. The fourth-order valence-electron chi connectivity index (χ4n) is 2.03. The molecule has 0 saturated heterocycles. The number of nitrogens with zero attached hydrogens (tertiary/aromatic N) is 2. The van der Waals surface area contributed by atoms with Crippen LogP contribution in [0.1, 0.15) is 38.2 Å². The van der Waals surface area contributed by atoms with E-state index in [1.54, 1.807) is 24.4 Å². The number of nitrogens with one attached hydrogen (secondary N) is 1. The summed E-state index contributed by atoms with van der Waals surface area (Å²) in [7, 11) is 0. The lowest BCUT2D eigenvalue weighted by atomic mass is 10.2. The second kappa shape index (κ2) is 7.53. The van der Waals surface area contributed by atoms with Gasteiger partial charge in [0, 0.05) is 13.0 Å². The molecule has 0 bridgehead atoms. The number of phenols is 1. The van der Waals surface area contributed by atoms with E-state index >= 15 is 0 Å². The van der Waals surface area contributed by atoms with Crippen molar-refractivity contribution in [3.8, 4) is 11.5 Å². The summed E-state index contributed by atoms with van der Waals surface area (Å²) in [4.78, 5) is 4.44. The Morgan fingerprint density at radius 3 is 3.15 bits per heavy atom. The lowest BCUT2D eigenvalue weighted by molar-refractivity contribution is 0.318. The van der Waals surface area contributed by atoms with Crippen LogP contribution in [-0.4, -0.2) is 30.3 Å². The SMILES string of the molecule is CCOc1cc(C=NNC2=NCCCCC2)ccc1O. The largest absolute Gasteiger partial charge is 0.504 e. The van der Waals surface area contributed by atoms with E-state index in [1.165, 1.54) is 6.42 Å². The molecule has 0 amide bonds. The first-order chi connectivity index (χ1) is 9.79. The van der Waals surface area contributed by atoms with Crippen LogP contribution < -0.4 is 10.2 Å². The molecule has 2 N–H and O–H groups in total. The van der Waals surface area contributed by atoms with Gasteiger partial charge in [0.15, 0.2) is 11.5 Å². The Morgan fingerprint density at radius 2 is 2.30 bits per heavy atom. The van der Waals surface area contributed by atoms with Gasteiger partial charge in [-0.25, -0.2) is 0 Å². The van der Waals surface area contributed by atoms with Crippen LogP contribution in [0.25, 0.3) is 0 Å². The first kappa shape index (κ1) is 14.4. The van der Waals surface area contributed by atoms with Crippen LogP contribution in [0.5, 0.6) is 11.5 Å². The van der Waals surface area contributed by atoms with Crippen molar-refractivity contribution in [1.82, 2.24) is 5.43 Å². The minimum atomic E-state index is 0.144. The minimum Gasteiger partial charge on any atom is -0.504 e. The van der Waals surface area contributed by atoms with Crippen LogP contribution >= 0.6 is 0 Å². The van der Waals surface area contributed by atoms with Gasteiger partial charge in [0.05, 0.1) is 12.8 Å². The predicted molar refractivity (Wildman–Crippen MR) is 80.8 cm³/mol. The molecule has 5 nitrogen and oxygen atoms in total. The van der Waals surface area contributed by atoms with Gasteiger partial charge in [0.2, 0.25) is 0 Å². The van der Waals surface area contributed by atoms with Crippen LogP contribution in [-0.2, 0) is 0 Å². The van der Waals surface area contributed by atoms with E-state index in [2.05, 4.69) is 15.5 Å². The van der Waals surface area contributed by atoms with Gasteiger partial charge < -0.3 is 9.84 Å². The zero-order valence-electron chi connectivity index (χ0n) is 11.8. The summed E-state index contributed by atoms with van der Waals surface area (Å²) in [6.45, 7) is 3.28. The average Bonchev–Trinajstić information content (AvgIpc) is 2.71. The van der Waals surface area contributed by atoms with Gasteiger partial charge in [-0.3, -0.25) is 10.4 Å². The maximum Gasteiger partial charge on any atom is 0.161 e. The zero-order valence-corrected chi connectivity index (χ0v) is 11.8. The van der Waals surface area contributed by atoms with Crippen molar-refractivity contribution in [3.63, 3.8) is 0 Å². The number of hydrogen-bond acceptors (Lipinski definition) is 5. The molecule has 0 aromatic heterocycles. The topological polar surface area (TPSA) is 66.2 Å². The molecular formula is C15H21N3O2. The molecule has 5 heteroatoms. The van der Waals surface area contributed by atoms with Crippen molar-refractivity contribution in [1.29, 1.82) is 0 Å². The highest BCUT2D eigenvalue weighted by atomic mass is 16.5. The number of rotatable bonds is 4. The molecule has 0 aliphatic carbocycles. The standard InChI is InChI=1S/C15H21N3O2/c1-2-20-14-10-12(7-8-13(14)19)11-17-18-15-6-4-3-5-9-16-15/h7-8,10-11,19H,2-6,9H2,1H3,(H,16,18). The van der Waals surface area contributed by atoms with Crippen molar-refractivity contribution >= 4 is 12.1 Å². The van der Waals surface area contributed by atoms with Gasteiger partial charge in [-0.1, -0.05) is 6.42 Å². The molecule has 108 valence electrons. The van der Waals surface area contributed by atoms with Gasteiger partial charge in [-0.05, 0) is 43.5 Å². The highest BCUT2D eigenvalue weighted by Crippen LogP contribution is 2.26. The second-order valence-electron chi connectivity index (χ2n) is 4.67. The molecule has 2 rings (SSSR count). The van der Waals surface area contributed by atoms with Gasteiger partial charge >= 0.3 is 0 Å². The fraction of sp³-hybridized carbons (Fsp3) is 0.467. The molecule has 1 aliphatic rings. The molecule has 0 fully saturated rings. The Morgan fingerprint density at radius 1 is 1.40 bits per heavy atom. The van der Waals surface area contributed by atoms with E-state index in [0.717, 1.165) is 37.2 Å². The maximum atomic E-state index is 9.62. The van der Waals surface area contributed by atoms with E-state index in [0.29, 0.717) is 12.4 Å². The highest BCUT2D eigenvalue weighted by Gasteiger charge is 2.03. The summed E-state index contributed by atoms with van der Waals surface area (Å²) in [6, 6.07) is 5.16. The summed E-state index contributed by atoms with van der Waals surface area (Å²) in [6.07, 6.45) is 6.21. The zero-order chi connectivity index (χ0) is 14.2. The smallest absolute Gasteiger partial charge is 0.161 e. The normalized spacial score (nSPS) is 15.8. The number of ether oxygens (including phenoxy) is 1. The van der Waals surface area contributed by atoms with Crippen molar-refractivity contribution in [2.75, 3.05) is 13.2 Å². The monoisotopic (exact) mass is 275 g/mol. The third kappa shape index (κ3) is 4.26. The summed E-state index contributed by atoms with van der Waals surface area (Å²) in [5.41, 5.74) is 3.86. The number of aromatic hydroxyl groups is 1. The van der Waals surface area contributed by atoms with Crippen LogP contribution in [0.2, 0.25) is 0 Å². The average molecular weight is 275 g/mol. The second-order valence-corrected chi connectivity index (χ2v) is 4.67. The van der Waals surface area contributed by atoms with Gasteiger partial charge in [-0.15, -0.1) is 0 Å². The summed E-state index contributed by atoms with van der Waals surface area (Å²) >= 11 is 0. The Hall–Kier alpha value is -2.04. The van der Waals surface area contributed by atoms with Gasteiger partial charge in [0.1, 0.15) is 5.84 Å². The van der Waals surface area contributed by atoms with Crippen molar-refractivity contribution in [2.45, 2.75) is 32.6 Å². The van der Waals surface area contributed by atoms with E-state index < -0.39 is 0 Å². The number of benzene rings is 1. The Bertz CT molecular complexity index is 498. The molecule has 20 heavy (non-hydrogen) atoms. The molecule has 0 unspecified atom stereocenters. The Labute approximate surface area is 119 Å². The third-order valence-electron chi connectivity index (χ3n) is 3.07. The molecular weight excluding hydrogens is 254 g/mol. The molecule has 0 spiro atoms. The predicted octanol–water partition coefficient (Wildman–Crippen LogP) is 2.69. The van der Waals surface area contributed by atoms with Crippen LogP contribution in [0.4, 0.5) is 0 Å². The van der Waals surface area contributed by atoms with E-state index in [4.69, 9.17) is 4.74 Å². The summed E-state index contributed by atoms with van der Waals surface area (Å²) < 4.78 is 5.33. The van der Waals surface area contributed by atoms with Gasteiger partial charge in [-0.2, -0.15) is 5.10 Å². The fourth-order valence-corrected chi connectivity index (χ4v) is 2.03. The number of aliphatic imine (C=N–C) groups is 1. The van der Waals surface area contributed by atoms with Gasteiger partial charge in [0.25, 0.3) is 0 Å².